The Morgan fingerprint density at radius 3 is 2.56 bits per heavy atom. The number of carbonyl (C=O) groups excluding carboxylic acids is 1. The van der Waals surface area contributed by atoms with Crippen molar-refractivity contribution in [2.24, 2.45) is 0 Å². The van der Waals surface area contributed by atoms with Crippen LogP contribution in [0.25, 0.3) is 0 Å². The highest BCUT2D eigenvalue weighted by Gasteiger charge is 2.26. The first-order chi connectivity index (χ1) is 12.0. The van der Waals surface area contributed by atoms with Crippen LogP contribution in [0.1, 0.15) is 24.8 Å². The third-order valence-electron chi connectivity index (χ3n) is 5.44. The number of amides is 1. The van der Waals surface area contributed by atoms with E-state index in [0.29, 0.717) is 19.1 Å². The summed E-state index contributed by atoms with van der Waals surface area (Å²) < 4.78 is 26.8. The summed E-state index contributed by atoms with van der Waals surface area (Å²) in [6.07, 6.45) is 3.32. The fraction of sp³-hybridized carbons (Fsp3) is 0.632. The first-order valence-corrected chi connectivity index (χ1v) is 9.17. The molecule has 0 N–H and O–H groups in total. The number of hydrogen-bond donors (Lipinski definition) is 0. The summed E-state index contributed by atoms with van der Waals surface area (Å²) in [5.41, 5.74) is 0.267. The molecule has 2 aliphatic rings. The third-order valence-corrected chi connectivity index (χ3v) is 5.44. The molecule has 3 rings (SSSR count). The van der Waals surface area contributed by atoms with Crippen LogP contribution in [0.3, 0.4) is 0 Å². The standard InChI is InChI=1S/C19H27F2N3O/c1-22-9-5-17(6-10-22)23-7-2-8-24(12-11-23)19(25)13-15-3-4-16(20)14-18(15)21/h3-4,14,17H,2,5-13H2,1H3. The second-order valence-corrected chi connectivity index (χ2v) is 7.22. The van der Waals surface area contributed by atoms with Gasteiger partial charge in [-0.15, -0.1) is 0 Å². The van der Waals surface area contributed by atoms with Gasteiger partial charge < -0.3 is 9.80 Å². The third kappa shape index (κ3) is 4.76. The first kappa shape index (κ1) is 18.3. The molecule has 138 valence electrons. The summed E-state index contributed by atoms with van der Waals surface area (Å²) in [6.45, 7) is 5.56. The van der Waals surface area contributed by atoms with E-state index in [1.54, 1.807) is 0 Å². The van der Waals surface area contributed by atoms with Crippen molar-refractivity contribution in [1.29, 1.82) is 0 Å². The molecule has 25 heavy (non-hydrogen) atoms. The second kappa shape index (κ2) is 8.23. The number of halogens is 2. The van der Waals surface area contributed by atoms with Gasteiger partial charge in [-0.25, -0.2) is 8.78 Å². The molecule has 0 atom stereocenters. The van der Waals surface area contributed by atoms with Gasteiger partial charge in [-0.1, -0.05) is 6.07 Å². The molecule has 0 spiro atoms. The topological polar surface area (TPSA) is 26.8 Å². The Balaban J connectivity index is 1.54. The average Bonchev–Trinajstić information content (AvgIpc) is 2.84. The van der Waals surface area contributed by atoms with E-state index in [4.69, 9.17) is 0 Å². The number of carbonyl (C=O) groups is 1. The minimum absolute atomic E-state index is 0.000334. The SMILES string of the molecule is CN1CCC(N2CCCN(C(=O)Cc3ccc(F)cc3F)CC2)CC1. The molecule has 2 saturated heterocycles. The summed E-state index contributed by atoms with van der Waals surface area (Å²) in [7, 11) is 2.16. The maximum absolute atomic E-state index is 13.8. The normalized spacial score (nSPS) is 21.3. The van der Waals surface area contributed by atoms with Crippen molar-refractivity contribution in [3.63, 3.8) is 0 Å². The van der Waals surface area contributed by atoms with Crippen molar-refractivity contribution in [1.82, 2.24) is 14.7 Å². The fourth-order valence-corrected chi connectivity index (χ4v) is 3.85. The molecule has 0 aromatic heterocycles. The predicted molar refractivity (Wildman–Crippen MR) is 93.4 cm³/mol. The zero-order chi connectivity index (χ0) is 17.8. The first-order valence-electron chi connectivity index (χ1n) is 9.17. The molecular formula is C19H27F2N3O. The van der Waals surface area contributed by atoms with Crippen molar-refractivity contribution < 1.29 is 13.6 Å². The van der Waals surface area contributed by atoms with Crippen LogP contribution >= 0.6 is 0 Å². The molecule has 1 amide bonds. The maximum atomic E-state index is 13.8. The van der Waals surface area contributed by atoms with E-state index >= 15 is 0 Å². The molecule has 2 heterocycles. The lowest BCUT2D eigenvalue weighted by molar-refractivity contribution is -0.130. The minimum atomic E-state index is -0.642. The van der Waals surface area contributed by atoms with Gasteiger partial charge >= 0.3 is 0 Å². The van der Waals surface area contributed by atoms with Gasteiger partial charge in [0.05, 0.1) is 6.42 Å². The number of hydrogen-bond acceptors (Lipinski definition) is 3. The Morgan fingerprint density at radius 2 is 1.84 bits per heavy atom. The molecule has 0 unspecified atom stereocenters. The molecule has 2 aliphatic heterocycles. The smallest absolute Gasteiger partial charge is 0.227 e. The van der Waals surface area contributed by atoms with Crippen LogP contribution < -0.4 is 0 Å². The van der Waals surface area contributed by atoms with Gasteiger partial charge in [0, 0.05) is 38.3 Å². The van der Waals surface area contributed by atoms with Gasteiger partial charge in [0.2, 0.25) is 5.91 Å². The van der Waals surface area contributed by atoms with E-state index in [1.165, 1.54) is 25.0 Å². The van der Waals surface area contributed by atoms with Crippen molar-refractivity contribution >= 4 is 5.91 Å². The van der Waals surface area contributed by atoms with Gasteiger partial charge in [0.25, 0.3) is 0 Å². The number of rotatable bonds is 3. The van der Waals surface area contributed by atoms with Crippen LogP contribution in [0.5, 0.6) is 0 Å². The van der Waals surface area contributed by atoms with Crippen LogP contribution in [0.2, 0.25) is 0 Å². The zero-order valence-corrected chi connectivity index (χ0v) is 14.9. The van der Waals surface area contributed by atoms with E-state index in [0.717, 1.165) is 38.7 Å². The molecule has 2 fully saturated rings. The molecule has 1 aromatic carbocycles. The van der Waals surface area contributed by atoms with Crippen molar-refractivity contribution in [3.05, 3.63) is 35.4 Å². The molecule has 0 saturated carbocycles. The average molecular weight is 351 g/mol. The zero-order valence-electron chi connectivity index (χ0n) is 14.9. The highest BCUT2D eigenvalue weighted by atomic mass is 19.1. The number of nitrogens with zero attached hydrogens (tertiary/aromatic N) is 3. The van der Waals surface area contributed by atoms with Crippen molar-refractivity contribution in [2.45, 2.75) is 31.7 Å². The lowest BCUT2D eigenvalue weighted by atomic mass is 10.0. The Kier molecular flexibility index (Phi) is 6.02. The summed E-state index contributed by atoms with van der Waals surface area (Å²) in [6, 6.07) is 4.02. The number of benzene rings is 1. The van der Waals surface area contributed by atoms with Gasteiger partial charge in [-0.3, -0.25) is 9.69 Å². The minimum Gasteiger partial charge on any atom is -0.341 e. The van der Waals surface area contributed by atoms with Crippen LogP contribution in [0.4, 0.5) is 8.78 Å². The van der Waals surface area contributed by atoms with Crippen LogP contribution in [0, 0.1) is 11.6 Å². The van der Waals surface area contributed by atoms with Crippen LogP contribution in [-0.4, -0.2) is 73.0 Å². The highest BCUT2D eigenvalue weighted by molar-refractivity contribution is 5.78. The lowest BCUT2D eigenvalue weighted by Crippen LogP contribution is -2.45. The molecule has 0 radical (unpaired) electrons. The van der Waals surface area contributed by atoms with E-state index < -0.39 is 11.6 Å². The fourth-order valence-electron chi connectivity index (χ4n) is 3.85. The quantitative estimate of drug-likeness (QED) is 0.835. The van der Waals surface area contributed by atoms with E-state index in [-0.39, 0.29) is 17.9 Å². The van der Waals surface area contributed by atoms with Gasteiger partial charge in [0.15, 0.2) is 0 Å². The van der Waals surface area contributed by atoms with Crippen molar-refractivity contribution in [3.8, 4) is 0 Å². The van der Waals surface area contributed by atoms with E-state index in [9.17, 15) is 13.6 Å². The molecule has 0 bridgehead atoms. The molecule has 0 aliphatic carbocycles. The summed E-state index contributed by atoms with van der Waals surface area (Å²) in [5.74, 6) is -1.33. The summed E-state index contributed by atoms with van der Waals surface area (Å²) in [5, 5.41) is 0. The van der Waals surface area contributed by atoms with Gasteiger partial charge in [-0.2, -0.15) is 0 Å². The monoisotopic (exact) mass is 351 g/mol. The van der Waals surface area contributed by atoms with Gasteiger partial charge in [0.1, 0.15) is 11.6 Å². The Morgan fingerprint density at radius 1 is 1.08 bits per heavy atom. The maximum Gasteiger partial charge on any atom is 0.227 e. The Labute approximate surface area is 148 Å². The predicted octanol–water partition coefficient (Wildman–Crippen LogP) is 2.14. The molecule has 1 aromatic rings. The molecular weight excluding hydrogens is 324 g/mol. The second-order valence-electron chi connectivity index (χ2n) is 7.22. The molecule has 6 heteroatoms. The number of likely N-dealkylation sites (tertiary alicyclic amines) is 1. The van der Waals surface area contributed by atoms with Crippen molar-refractivity contribution in [2.75, 3.05) is 46.3 Å². The highest BCUT2D eigenvalue weighted by Crippen LogP contribution is 2.18. The summed E-state index contributed by atoms with van der Waals surface area (Å²) in [4.78, 5) is 19.2. The van der Waals surface area contributed by atoms with Crippen LogP contribution in [-0.2, 0) is 11.2 Å². The Bertz CT molecular complexity index is 602. The van der Waals surface area contributed by atoms with Gasteiger partial charge in [-0.05, 0) is 51.0 Å². The van der Waals surface area contributed by atoms with Crippen LogP contribution in [0.15, 0.2) is 18.2 Å². The van der Waals surface area contributed by atoms with E-state index in [1.807, 2.05) is 4.90 Å². The lowest BCUT2D eigenvalue weighted by Gasteiger charge is -2.36. The van der Waals surface area contributed by atoms with E-state index in [2.05, 4.69) is 16.8 Å². The Hall–Kier alpha value is -1.53. The largest absolute Gasteiger partial charge is 0.341 e. The summed E-state index contributed by atoms with van der Waals surface area (Å²) >= 11 is 0. The molecule has 4 nitrogen and oxygen atoms in total. The number of piperidine rings is 1.